The van der Waals surface area contributed by atoms with E-state index < -0.39 is 6.03 Å². The maximum Gasteiger partial charge on any atom is 0.345 e. The molecule has 0 aliphatic carbocycles. The van der Waals surface area contributed by atoms with Crippen LogP contribution in [0.3, 0.4) is 0 Å². The summed E-state index contributed by atoms with van der Waals surface area (Å²) in [6.45, 7) is 6.10. The number of hydrogen-bond donors (Lipinski definition) is 2. The molecule has 2 N–H and O–H groups in total. The van der Waals surface area contributed by atoms with E-state index in [1.54, 1.807) is 34.5 Å². The van der Waals surface area contributed by atoms with E-state index in [0.29, 0.717) is 46.8 Å². The Kier molecular flexibility index (Phi) is 11.5. The van der Waals surface area contributed by atoms with Crippen LogP contribution >= 0.6 is 0 Å². The molecule has 2 amide bonds. The van der Waals surface area contributed by atoms with Gasteiger partial charge in [0.1, 0.15) is 0 Å². The fourth-order valence-electron chi connectivity index (χ4n) is 4.55. The third-order valence-corrected chi connectivity index (χ3v) is 6.47. The number of hydroxylamine groups is 2. The zero-order valence-corrected chi connectivity index (χ0v) is 23.9. The number of amides is 2. The Morgan fingerprint density at radius 3 is 2.10 bits per heavy atom. The summed E-state index contributed by atoms with van der Waals surface area (Å²) >= 11 is 0. The summed E-state index contributed by atoms with van der Waals surface area (Å²) in [5.41, 5.74) is 2.80. The van der Waals surface area contributed by atoms with Crippen LogP contribution < -0.4 is 29.0 Å². The summed E-state index contributed by atoms with van der Waals surface area (Å²) in [7, 11) is 6.38. The first-order valence-electron chi connectivity index (χ1n) is 13.2. The minimum absolute atomic E-state index is 0.0202. The number of rotatable bonds is 14. The Hall–Kier alpha value is -3.89. The number of nitrogens with one attached hydrogen (secondary N) is 1. The van der Waals surface area contributed by atoms with Crippen LogP contribution in [0.15, 0.2) is 49.2 Å². The molecule has 3 rings (SSSR count). The van der Waals surface area contributed by atoms with Crippen LogP contribution in [0.4, 0.5) is 4.79 Å². The van der Waals surface area contributed by atoms with Crippen LogP contribution in [0.1, 0.15) is 55.1 Å². The molecule has 2 aromatic rings. The van der Waals surface area contributed by atoms with E-state index in [1.807, 2.05) is 25.1 Å². The van der Waals surface area contributed by atoms with Gasteiger partial charge in [-0.1, -0.05) is 19.1 Å². The zero-order chi connectivity index (χ0) is 29.1. The Labute approximate surface area is 236 Å². The highest BCUT2D eigenvalue weighted by Crippen LogP contribution is 2.47. The van der Waals surface area contributed by atoms with E-state index in [0.717, 1.165) is 36.0 Å². The highest BCUT2D eigenvalue weighted by atomic mass is 16.5. The van der Waals surface area contributed by atoms with Gasteiger partial charge in [0.25, 0.3) is 0 Å². The number of ether oxygens (including phenoxy) is 6. The third kappa shape index (κ3) is 7.40. The van der Waals surface area contributed by atoms with Gasteiger partial charge < -0.3 is 33.7 Å². The molecule has 10 nitrogen and oxygen atoms in total. The summed E-state index contributed by atoms with van der Waals surface area (Å²) in [5.74, 6) is 2.97. The number of methoxy groups -OCH3 is 4. The first kappa shape index (κ1) is 30.6. The molecule has 2 aromatic carbocycles. The molecule has 0 spiro atoms. The van der Waals surface area contributed by atoms with Crippen molar-refractivity contribution in [3.63, 3.8) is 0 Å². The lowest BCUT2D eigenvalue weighted by Crippen LogP contribution is -2.34. The van der Waals surface area contributed by atoms with Crippen molar-refractivity contribution < 1.29 is 38.4 Å². The Morgan fingerprint density at radius 2 is 1.57 bits per heavy atom. The number of carbonyl (C=O) groups is 1. The highest BCUT2D eigenvalue weighted by Gasteiger charge is 2.31. The number of carbonyl (C=O) groups excluding carboxylic acids is 1. The van der Waals surface area contributed by atoms with Crippen molar-refractivity contribution >= 4 is 6.03 Å². The molecule has 1 aliphatic rings. The topological polar surface area (TPSA) is 108 Å². The van der Waals surface area contributed by atoms with Crippen molar-refractivity contribution in [3.8, 4) is 28.7 Å². The average Bonchev–Trinajstić information content (AvgIpc) is 3.47. The van der Waals surface area contributed by atoms with Gasteiger partial charge in [-0.25, -0.2) is 9.86 Å². The molecular weight excluding hydrogens is 516 g/mol. The van der Waals surface area contributed by atoms with Crippen LogP contribution in [0, 0.1) is 0 Å². The maximum atomic E-state index is 11.9. The van der Waals surface area contributed by atoms with Gasteiger partial charge in [0.05, 0.1) is 53.8 Å². The lowest BCUT2D eigenvalue weighted by Gasteiger charge is -2.20. The first-order chi connectivity index (χ1) is 19.4. The molecule has 1 saturated heterocycles. The van der Waals surface area contributed by atoms with Crippen LogP contribution in [0.5, 0.6) is 28.7 Å². The zero-order valence-electron chi connectivity index (χ0n) is 23.9. The summed E-state index contributed by atoms with van der Waals surface area (Å²) in [4.78, 5) is 11.9. The fraction of sp³-hybridized carbons (Fsp3) is 0.433. The predicted octanol–water partition coefficient (Wildman–Crippen LogP) is 5.75. The fourth-order valence-corrected chi connectivity index (χ4v) is 4.55. The molecular formula is C30H40N2O8. The minimum atomic E-state index is -0.651. The second-order valence-electron chi connectivity index (χ2n) is 9.14. The van der Waals surface area contributed by atoms with Crippen LogP contribution in [-0.2, 0) is 11.2 Å². The molecule has 218 valence electrons. The molecule has 1 fully saturated rings. The number of urea groups is 1. The first-order valence-corrected chi connectivity index (χ1v) is 13.2. The van der Waals surface area contributed by atoms with Gasteiger partial charge in [-0.15, -0.1) is 6.58 Å². The predicted molar refractivity (Wildman–Crippen MR) is 151 cm³/mol. The smallest absolute Gasteiger partial charge is 0.345 e. The van der Waals surface area contributed by atoms with E-state index in [9.17, 15) is 10.0 Å². The number of allylic oxidation sites excluding steroid dienone is 1. The average molecular weight is 557 g/mol. The quantitative estimate of drug-likeness (QED) is 0.172. The van der Waals surface area contributed by atoms with Gasteiger partial charge in [0.15, 0.2) is 23.0 Å². The third-order valence-electron chi connectivity index (χ3n) is 6.47. The monoisotopic (exact) mass is 556 g/mol. The lowest BCUT2D eigenvalue weighted by molar-refractivity contribution is -0.0313. The standard InChI is InChI=1S/C30H40N2O8/c1-7-14-32(34)30(33)31-13-9-10-20-16-21(17-25(35-3)28(20)39-15-8-2)23-11-12-24(40-23)22-18-26(36-4)29(38-6)27(19-22)37-5/h7,9,13,16-19,23-24,34H,1,8,10-12,14-15H2,2-6H3,(H,31,33)/b13-9+. The maximum absolute atomic E-state index is 11.9. The van der Waals surface area contributed by atoms with E-state index in [1.165, 1.54) is 12.3 Å². The molecule has 2 atom stereocenters. The van der Waals surface area contributed by atoms with Crippen molar-refractivity contribution in [1.29, 1.82) is 0 Å². The molecule has 40 heavy (non-hydrogen) atoms. The highest BCUT2D eigenvalue weighted by molar-refractivity contribution is 5.74. The molecule has 1 heterocycles. The number of nitrogens with zero attached hydrogens (tertiary/aromatic N) is 1. The van der Waals surface area contributed by atoms with Gasteiger partial charge in [-0.3, -0.25) is 5.21 Å². The largest absolute Gasteiger partial charge is 0.493 e. The lowest BCUT2D eigenvalue weighted by atomic mass is 9.99. The summed E-state index contributed by atoms with van der Waals surface area (Å²) in [6.07, 6.45) is 7.29. The van der Waals surface area contributed by atoms with E-state index in [-0.39, 0.29) is 18.8 Å². The number of hydrogen-bond acceptors (Lipinski definition) is 8. The van der Waals surface area contributed by atoms with Crippen molar-refractivity contribution in [2.24, 2.45) is 0 Å². The second kappa shape index (κ2) is 15.0. The van der Waals surface area contributed by atoms with Crippen LogP contribution in [-0.4, -0.2) is 57.9 Å². The Balaban J connectivity index is 1.84. The van der Waals surface area contributed by atoms with Crippen LogP contribution in [0.2, 0.25) is 0 Å². The van der Waals surface area contributed by atoms with Gasteiger partial charge in [-0.2, -0.15) is 0 Å². The van der Waals surface area contributed by atoms with E-state index in [2.05, 4.69) is 18.0 Å². The minimum Gasteiger partial charge on any atom is -0.493 e. The SMILES string of the molecule is C=CCN(O)C(=O)N/C=C/Cc1cc(C2CCC(c3cc(OC)c(OC)c(OC)c3)O2)cc(OC)c1OCCC. The summed E-state index contributed by atoms with van der Waals surface area (Å²) < 4.78 is 34.8. The summed E-state index contributed by atoms with van der Waals surface area (Å²) in [6, 6.07) is 7.20. The van der Waals surface area contributed by atoms with Crippen molar-refractivity contribution in [1.82, 2.24) is 10.4 Å². The van der Waals surface area contributed by atoms with Crippen LogP contribution in [0.25, 0.3) is 0 Å². The van der Waals surface area contributed by atoms with Gasteiger partial charge in [0, 0.05) is 11.8 Å². The van der Waals surface area contributed by atoms with E-state index in [4.69, 9.17) is 28.4 Å². The Morgan fingerprint density at radius 1 is 1.00 bits per heavy atom. The van der Waals surface area contributed by atoms with Crippen molar-refractivity contribution in [2.45, 2.75) is 44.8 Å². The Bertz CT molecular complexity index is 1160. The summed E-state index contributed by atoms with van der Waals surface area (Å²) in [5, 5.41) is 12.7. The second-order valence-corrected chi connectivity index (χ2v) is 9.14. The molecule has 0 radical (unpaired) electrons. The molecule has 2 unspecified atom stereocenters. The van der Waals surface area contributed by atoms with Crippen molar-refractivity contribution in [2.75, 3.05) is 41.6 Å². The van der Waals surface area contributed by atoms with Gasteiger partial charge in [0.2, 0.25) is 5.75 Å². The molecule has 1 aliphatic heterocycles. The van der Waals surface area contributed by atoms with Gasteiger partial charge in [-0.05, 0) is 61.1 Å². The van der Waals surface area contributed by atoms with E-state index >= 15 is 0 Å². The molecule has 10 heteroatoms. The number of benzene rings is 2. The molecule has 0 bridgehead atoms. The van der Waals surface area contributed by atoms with Crippen molar-refractivity contribution in [3.05, 3.63) is 65.9 Å². The van der Waals surface area contributed by atoms with Gasteiger partial charge >= 0.3 is 6.03 Å². The molecule has 0 saturated carbocycles. The normalized spacial score (nSPS) is 16.4. The molecule has 0 aromatic heterocycles.